The van der Waals surface area contributed by atoms with Gasteiger partial charge in [0, 0.05) is 11.7 Å². The highest BCUT2D eigenvalue weighted by Crippen LogP contribution is 2.14. The number of aromatic amines is 1. The molecule has 6 heteroatoms. The number of H-pyrrole nitrogens is 1. The monoisotopic (exact) mass is 239 g/mol. The number of amides is 1. The SMILES string of the molecule is Cc1n[nH]c(C)c1C(=O)N(CC(=O)O)C(C)C. The van der Waals surface area contributed by atoms with E-state index in [1.54, 1.807) is 27.7 Å². The third-order valence-corrected chi connectivity index (χ3v) is 2.53. The predicted octanol–water partition coefficient (Wildman–Crippen LogP) is 0.962. The molecule has 2 N–H and O–H groups in total. The minimum Gasteiger partial charge on any atom is -0.480 e. The number of hydrogen-bond donors (Lipinski definition) is 2. The number of carboxylic acids is 1. The Balaban J connectivity index is 3.04. The number of aliphatic carboxylic acids is 1. The average molecular weight is 239 g/mol. The predicted molar refractivity (Wildman–Crippen MR) is 61.9 cm³/mol. The van der Waals surface area contributed by atoms with Crippen LogP contribution < -0.4 is 0 Å². The maximum Gasteiger partial charge on any atom is 0.323 e. The first kappa shape index (κ1) is 13.2. The quantitative estimate of drug-likeness (QED) is 0.819. The van der Waals surface area contributed by atoms with Gasteiger partial charge in [-0.3, -0.25) is 14.7 Å². The lowest BCUT2D eigenvalue weighted by Crippen LogP contribution is -2.41. The molecule has 0 bridgehead atoms. The van der Waals surface area contributed by atoms with Crippen LogP contribution >= 0.6 is 0 Å². The smallest absolute Gasteiger partial charge is 0.323 e. The van der Waals surface area contributed by atoms with Crippen LogP contribution in [-0.4, -0.2) is 44.7 Å². The molecule has 17 heavy (non-hydrogen) atoms. The average Bonchev–Trinajstić information content (AvgIpc) is 2.53. The Morgan fingerprint density at radius 1 is 1.41 bits per heavy atom. The molecule has 0 aliphatic carbocycles. The van der Waals surface area contributed by atoms with E-state index in [0.29, 0.717) is 17.0 Å². The van der Waals surface area contributed by atoms with Crippen molar-refractivity contribution in [2.24, 2.45) is 0 Å². The highest BCUT2D eigenvalue weighted by molar-refractivity contribution is 5.97. The molecule has 0 fully saturated rings. The van der Waals surface area contributed by atoms with E-state index < -0.39 is 5.97 Å². The Labute approximate surface area is 99.6 Å². The zero-order chi connectivity index (χ0) is 13.2. The number of hydrogen-bond acceptors (Lipinski definition) is 3. The maximum absolute atomic E-state index is 12.2. The molecule has 0 spiro atoms. The number of nitrogens with zero attached hydrogens (tertiary/aromatic N) is 2. The van der Waals surface area contributed by atoms with Crippen molar-refractivity contribution in [2.45, 2.75) is 33.7 Å². The Bertz CT molecular complexity index is 418. The molecule has 0 saturated carbocycles. The molecule has 0 radical (unpaired) electrons. The molecule has 0 saturated heterocycles. The van der Waals surface area contributed by atoms with E-state index >= 15 is 0 Å². The highest BCUT2D eigenvalue weighted by atomic mass is 16.4. The van der Waals surface area contributed by atoms with E-state index in [2.05, 4.69) is 10.2 Å². The van der Waals surface area contributed by atoms with E-state index in [4.69, 9.17) is 5.11 Å². The molecule has 0 aliphatic heterocycles. The second-order valence-electron chi connectivity index (χ2n) is 4.23. The number of nitrogens with one attached hydrogen (secondary N) is 1. The van der Waals surface area contributed by atoms with Gasteiger partial charge in [0.15, 0.2) is 0 Å². The summed E-state index contributed by atoms with van der Waals surface area (Å²) in [5, 5.41) is 15.5. The van der Waals surface area contributed by atoms with Crippen LogP contribution in [-0.2, 0) is 4.79 Å². The van der Waals surface area contributed by atoms with Crippen molar-refractivity contribution in [3.05, 3.63) is 17.0 Å². The van der Waals surface area contributed by atoms with Crippen LogP contribution in [0.2, 0.25) is 0 Å². The molecule has 1 aromatic rings. The summed E-state index contributed by atoms with van der Waals surface area (Å²) < 4.78 is 0. The molecule has 94 valence electrons. The third-order valence-electron chi connectivity index (χ3n) is 2.53. The zero-order valence-electron chi connectivity index (χ0n) is 10.4. The van der Waals surface area contributed by atoms with E-state index in [9.17, 15) is 9.59 Å². The summed E-state index contributed by atoms with van der Waals surface area (Å²) in [4.78, 5) is 24.3. The van der Waals surface area contributed by atoms with E-state index in [-0.39, 0.29) is 18.5 Å². The summed E-state index contributed by atoms with van der Waals surface area (Å²) in [7, 11) is 0. The van der Waals surface area contributed by atoms with Crippen molar-refractivity contribution < 1.29 is 14.7 Å². The molecular formula is C11H17N3O3. The minimum absolute atomic E-state index is 0.174. The standard InChI is InChI=1S/C11H17N3O3/c1-6(2)14(5-9(15)16)11(17)10-7(3)12-13-8(10)4/h6H,5H2,1-4H3,(H,12,13)(H,15,16). The molecule has 1 rings (SSSR count). The number of carbonyl (C=O) groups excluding carboxylic acids is 1. The first-order chi connectivity index (χ1) is 7.84. The van der Waals surface area contributed by atoms with Crippen LogP contribution in [0.5, 0.6) is 0 Å². The fraction of sp³-hybridized carbons (Fsp3) is 0.545. The minimum atomic E-state index is -1.02. The Hall–Kier alpha value is -1.85. The van der Waals surface area contributed by atoms with E-state index in [1.165, 1.54) is 4.90 Å². The largest absolute Gasteiger partial charge is 0.480 e. The van der Waals surface area contributed by atoms with Gasteiger partial charge in [-0.1, -0.05) is 0 Å². The van der Waals surface area contributed by atoms with Gasteiger partial charge in [0.05, 0.1) is 11.3 Å². The van der Waals surface area contributed by atoms with Crippen molar-refractivity contribution in [1.29, 1.82) is 0 Å². The number of rotatable bonds is 4. The fourth-order valence-electron chi connectivity index (χ4n) is 1.64. The van der Waals surface area contributed by atoms with Gasteiger partial charge < -0.3 is 10.0 Å². The maximum atomic E-state index is 12.2. The van der Waals surface area contributed by atoms with Crippen LogP contribution in [0.3, 0.4) is 0 Å². The van der Waals surface area contributed by atoms with Gasteiger partial charge in [0.1, 0.15) is 6.54 Å². The molecule has 6 nitrogen and oxygen atoms in total. The van der Waals surface area contributed by atoms with Gasteiger partial charge in [-0.2, -0.15) is 5.10 Å². The Kier molecular flexibility index (Phi) is 3.88. The summed E-state index contributed by atoms with van der Waals surface area (Å²) in [5.74, 6) is -1.32. The van der Waals surface area contributed by atoms with Crippen molar-refractivity contribution >= 4 is 11.9 Å². The number of aryl methyl sites for hydroxylation is 2. The Morgan fingerprint density at radius 2 is 2.00 bits per heavy atom. The van der Waals surface area contributed by atoms with Crippen molar-refractivity contribution in [3.63, 3.8) is 0 Å². The van der Waals surface area contributed by atoms with Gasteiger partial charge in [-0.15, -0.1) is 0 Å². The Morgan fingerprint density at radius 3 is 2.35 bits per heavy atom. The second kappa shape index (κ2) is 4.99. The number of carboxylic acid groups (broad SMARTS) is 1. The van der Waals surface area contributed by atoms with Gasteiger partial charge >= 0.3 is 5.97 Å². The van der Waals surface area contributed by atoms with Crippen LogP contribution in [0.4, 0.5) is 0 Å². The molecule has 1 aromatic heterocycles. The zero-order valence-corrected chi connectivity index (χ0v) is 10.4. The lowest BCUT2D eigenvalue weighted by molar-refractivity contribution is -0.138. The molecule has 0 atom stereocenters. The normalized spacial score (nSPS) is 10.6. The van der Waals surface area contributed by atoms with Gasteiger partial charge in [0.25, 0.3) is 5.91 Å². The van der Waals surface area contributed by atoms with Gasteiger partial charge in [-0.05, 0) is 27.7 Å². The number of carbonyl (C=O) groups is 2. The van der Waals surface area contributed by atoms with Crippen LogP contribution in [0, 0.1) is 13.8 Å². The summed E-state index contributed by atoms with van der Waals surface area (Å²) >= 11 is 0. The molecule has 1 heterocycles. The first-order valence-electron chi connectivity index (χ1n) is 5.39. The fourth-order valence-corrected chi connectivity index (χ4v) is 1.64. The van der Waals surface area contributed by atoms with Gasteiger partial charge in [0.2, 0.25) is 0 Å². The molecular weight excluding hydrogens is 222 g/mol. The second-order valence-corrected chi connectivity index (χ2v) is 4.23. The van der Waals surface area contributed by atoms with E-state index in [1.807, 2.05) is 0 Å². The summed E-state index contributed by atoms with van der Waals surface area (Å²) in [5.41, 5.74) is 1.70. The summed E-state index contributed by atoms with van der Waals surface area (Å²) in [6, 6.07) is -0.174. The topological polar surface area (TPSA) is 86.3 Å². The van der Waals surface area contributed by atoms with Crippen molar-refractivity contribution in [3.8, 4) is 0 Å². The molecule has 0 aromatic carbocycles. The summed E-state index contributed by atoms with van der Waals surface area (Å²) in [6.07, 6.45) is 0. The number of aromatic nitrogens is 2. The first-order valence-corrected chi connectivity index (χ1v) is 5.39. The molecule has 0 unspecified atom stereocenters. The lowest BCUT2D eigenvalue weighted by atomic mass is 10.1. The van der Waals surface area contributed by atoms with Gasteiger partial charge in [-0.25, -0.2) is 0 Å². The van der Waals surface area contributed by atoms with Crippen LogP contribution in [0.25, 0.3) is 0 Å². The molecule has 0 aliphatic rings. The van der Waals surface area contributed by atoms with Crippen LogP contribution in [0.15, 0.2) is 0 Å². The van der Waals surface area contributed by atoms with Crippen LogP contribution in [0.1, 0.15) is 35.6 Å². The third kappa shape index (κ3) is 2.83. The van der Waals surface area contributed by atoms with E-state index in [0.717, 1.165) is 0 Å². The van der Waals surface area contributed by atoms with Crippen molar-refractivity contribution in [2.75, 3.05) is 6.54 Å². The molecule has 1 amide bonds. The highest BCUT2D eigenvalue weighted by Gasteiger charge is 2.25. The van der Waals surface area contributed by atoms with Crippen molar-refractivity contribution in [1.82, 2.24) is 15.1 Å². The lowest BCUT2D eigenvalue weighted by Gasteiger charge is -2.24. The summed E-state index contributed by atoms with van der Waals surface area (Å²) in [6.45, 7) is 6.72.